The molecule has 0 aromatic heterocycles. The summed E-state index contributed by atoms with van der Waals surface area (Å²) < 4.78 is 16.0. The first kappa shape index (κ1) is 83.6. The molecule has 0 saturated heterocycles. The predicted octanol–water partition coefficient (Wildman–Crippen LogP) is 20.5. The van der Waals surface area contributed by atoms with E-state index in [4.69, 9.17) is 14.2 Å². The fourth-order valence-electron chi connectivity index (χ4n) is 9.34. The van der Waals surface area contributed by atoms with Crippen molar-refractivity contribution in [1.29, 1.82) is 15.8 Å². The molecule has 15 heteroatoms. The van der Waals surface area contributed by atoms with E-state index in [1.807, 2.05) is 255 Å². The van der Waals surface area contributed by atoms with Gasteiger partial charge in [-0.15, -0.1) is 0 Å². The van der Waals surface area contributed by atoms with E-state index >= 15 is 0 Å². The first-order valence-electron chi connectivity index (χ1n) is 34.7. The molecule has 0 unspecified atom stereocenters. The second-order valence-corrected chi connectivity index (χ2v) is 51.1. The van der Waals surface area contributed by atoms with Crippen LogP contribution in [-0.2, 0) is 33.4 Å². The van der Waals surface area contributed by atoms with Crippen molar-refractivity contribution >= 4 is 78.4 Å². The predicted molar refractivity (Wildman–Crippen MR) is 439 cm³/mol. The van der Waals surface area contributed by atoms with Crippen LogP contribution in [0.2, 0.25) is 84.6 Å². The molecule has 0 atom stereocenters. The first-order valence-corrected chi connectivity index (χ1v) is 49.5. The Labute approximate surface area is 622 Å². The quantitative estimate of drug-likeness (QED) is 0.0144. The zero-order chi connectivity index (χ0) is 76.0. The number of allylic oxidation sites excluding steroid dienone is 8. The Kier molecular flexibility index (Phi) is 34.5. The molecule has 0 saturated carbocycles. The third-order valence-corrected chi connectivity index (χ3v) is 19.9. The molecule has 8 aromatic rings. The molecule has 8 aromatic carbocycles. The van der Waals surface area contributed by atoms with Crippen molar-refractivity contribution in [2.45, 2.75) is 91.5 Å². The molecule has 0 bridgehead atoms. The van der Waals surface area contributed by atoms with Crippen LogP contribution in [0.1, 0.15) is 51.4 Å². The highest BCUT2D eigenvalue weighted by Gasteiger charge is 2.22. The van der Waals surface area contributed by atoms with Crippen LogP contribution in [0.4, 0.5) is 0 Å². The molecule has 0 radical (unpaired) electrons. The molecule has 0 aliphatic heterocycles. The third-order valence-electron chi connectivity index (χ3n) is 14.9. The Morgan fingerprint density at radius 3 is 0.779 bits per heavy atom. The fraction of sp³-hybridized carbons (Fsp3) is 0.202. The van der Waals surface area contributed by atoms with Gasteiger partial charge in [0.2, 0.25) is 0 Å². The van der Waals surface area contributed by atoms with Crippen LogP contribution in [0.25, 0.3) is 22.3 Å². The number of rotatable bonds is 25. The van der Waals surface area contributed by atoms with Crippen molar-refractivity contribution in [2.24, 2.45) is 0 Å². The molecule has 11 nitrogen and oxygen atoms in total. The number of hydrogen-bond acceptors (Lipinski definition) is 10. The van der Waals surface area contributed by atoms with E-state index in [2.05, 4.69) is 108 Å². The van der Waals surface area contributed by atoms with E-state index < -0.39 is 44.2 Å². The number of ether oxygens (including phenoxy) is 3. The van der Waals surface area contributed by atoms with Gasteiger partial charge in [-0.3, -0.25) is 4.79 Å². The summed E-state index contributed by atoms with van der Waals surface area (Å²) in [4.78, 5) is 48.9. The van der Waals surface area contributed by atoms with Gasteiger partial charge in [0, 0.05) is 19.8 Å². The minimum atomic E-state index is -1.52. The van der Waals surface area contributed by atoms with Gasteiger partial charge in [0.15, 0.2) is 0 Å². The Balaban J connectivity index is 0.000000249. The van der Waals surface area contributed by atoms with Crippen molar-refractivity contribution in [3.63, 3.8) is 0 Å². The second kappa shape index (κ2) is 43.0. The van der Waals surface area contributed by atoms with Gasteiger partial charge in [-0.1, -0.05) is 352 Å². The number of carbonyl (C=O) groups is 4. The maximum atomic E-state index is 12.3. The van der Waals surface area contributed by atoms with Crippen LogP contribution < -0.4 is 5.32 Å². The largest absolute Gasteiger partial charge is 0.465 e. The summed E-state index contributed by atoms with van der Waals surface area (Å²) >= 11 is 0. The van der Waals surface area contributed by atoms with Gasteiger partial charge in [0.25, 0.3) is 5.91 Å². The number of nitrogens with zero attached hydrogens (tertiary/aromatic N) is 3. The van der Waals surface area contributed by atoms with Crippen molar-refractivity contribution in [3.8, 4) is 18.2 Å². The smallest absolute Gasteiger partial charge is 0.348 e. The molecule has 0 aliphatic rings. The highest BCUT2D eigenvalue weighted by atomic mass is 28.3. The Bertz CT molecular complexity index is 3930. The molecule has 0 spiro atoms. The maximum absolute atomic E-state index is 12.3. The van der Waals surface area contributed by atoms with E-state index in [1.165, 1.54) is 0 Å². The monoisotopic (exact) mass is 1450 g/mol. The van der Waals surface area contributed by atoms with E-state index in [0.717, 1.165) is 72.8 Å². The minimum absolute atomic E-state index is 0.00705. The standard InChI is InChI=1S/C23H28O2Si.C22H24N2OSi.2C22H23NO2Si/c1-19(23(24)25-17-18-26(2,3)4)15-16-22(20-11-7-5-8-12-20)21-13-9-6-10-14-21;1-26(2,3)17-24-22(25)20(16-23)14-15-21(18-10-6-4-7-11-18)19-12-8-5-9-13-19;2*1-26(2,3)17-25-22(24)20(16-23)14-15-21(18-10-6-4-7-11-18)19-12-8-5-9-13-19/h5-16H,17-18H2,1-4H3;4-15H,17H2,1-3H3,(H,24,25);2*4-15H,17H2,1-3H3/b19-15-;3*20-14-. The lowest BCUT2D eigenvalue weighted by Crippen LogP contribution is -2.40. The summed E-state index contributed by atoms with van der Waals surface area (Å²) in [6.07, 6.45) is 15.5. The third kappa shape index (κ3) is 31.8. The average molecular weight is 1450 g/mol. The van der Waals surface area contributed by atoms with Gasteiger partial charge in [-0.25, -0.2) is 14.4 Å². The number of esters is 3. The summed E-state index contributed by atoms with van der Waals surface area (Å²) in [6.45, 7) is 28.3. The van der Waals surface area contributed by atoms with Crippen LogP contribution >= 0.6 is 0 Å². The second-order valence-electron chi connectivity index (χ2n) is 29.1. The Hall–Kier alpha value is -11.1. The van der Waals surface area contributed by atoms with Gasteiger partial charge in [-0.2, -0.15) is 15.8 Å². The number of hydrogen-bond donors (Lipinski definition) is 1. The van der Waals surface area contributed by atoms with E-state index in [9.17, 15) is 35.0 Å². The highest BCUT2D eigenvalue weighted by molar-refractivity contribution is 6.77. The number of nitriles is 3. The number of benzene rings is 8. The van der Waals surface area contributed by atoms with Crippen molar-refractivity contribution in [1.82, 2.24) is 5.32 Å². The van der Waals surface area contributed by atoms with Crippen molar-refractivity contribution in [2.75, 3.05) is 25.2 Å². The van der Waals surface area contributed by atoms with Crippen LogP contribution in [0, 0.1) is 34.0 Å². The summed E-state index contributed by atoms with van der Waals surface area (Å²) in [5.74, 6) is -1.68. The van der Waals surface area contributed by atoms with E-state index in [1.54, 1.807) is 37.3 Å². The summed E-state index contributed by atoms with van der Waals surface area (Å²) in [5, 5.41) is 30.9. The minimum Gasteiger partial charge on any atom is -0.465 e. The lowest BCUT2D eigenvalue weighted by Gasteiger charge is -2.16. The zero-order valence-electron chi connectivity index (χ0n) is 62.4. The number of nitrogens with one attached hydrogen (secondary N) is 1. The molecular weight excluding hydrogens is 1350 g/mol. The molecular formula is C89H98N4O7Si4. The zero-order valence-corrected chi connectivity index (χ0v) is 66.4. The number of carbonyl (C=O) groups excluding carboxylic acids is 4. The SMILES string of the molecule is C/C(=C/C=C(c1ccccc1)c1ccccc1)C(=O)OCC[Si](C)(C)C.C[Si](C)(C)CNC(=O)/C(C#N)=C\C=C(c1ccccc1)c1ccccc1.C[Si](C)(C)COC(=O)/C(C#N)=C\C=C(c1ccccc1)c1ccccc1.C[Si](C)(C)COC(=O)/C(C#N)=C\C=C(c1ccccc1)c1ccccc1. The summed E-state index contributed by atoms with van der Waals surface area (Å²) in [6, 6.07) is 86.7. The number of amides is 1. The topological polar surface area (TPSA) is 179 Å². The Morgan fingerprint density at radius 1 is 0.317 bits per heavy atom. The van der Waals surface area contributed by atoms with Gasteiger partial charge in [0.1, 0.15) is 34.9 Å². The molecule has 1 amide bonds. The lowest BCUT2D eigenvalue weighted by atomic mass is 9.97. The van der Waals surface area contributed by atoms with Crippen molar-refractivity contribution in [3.05, 3.63) is 358 Å². The summed E-state index contributed by atoms with van der Waals surface area (Å²) in [7, 11) is -5.65. The lowest BCUT2D eigenvalue weighted by molar-refractivity contribution is -0.138. The van der Waals surface area contributed by atoms with E-state index in [0.29, 0.717) is 30.8 Å². The maximum Gasteiger partial charge on any atom is 0.348 e. The van der Waals surface area contributed by atoms with Crippen LogP contribution in [0.15, 0.2) is 314 Å². The van der Waals surface area contributed by atoms with Crippen LogP contribution in [0.5, 0.6) is 0 Å². The van der Waals surface area contributed by atoms with Gasteiger partial charge in [-0.05, 0) is 98.0 Å². The molecule has 532 valence electrons. The Morgan fingerprint density at radius 2 is 0.558 bits per heavy atom. The van der Waals surface area contributed by atoms with Crippen LogP contribution in [-0.4, -0.2) is 81.3 Å². The van der Waals surface area contributed by atoms with Crippen LogP contribution in [0.3, 0.4) is 0 Å². The normalized spacial score (nSPS) is 11.5. The highest BCUT2D eigenvalue weighted by Crippen LogP contribution is 2.28. The fourth-order valence-corrected chi connectivity index (χ4v) is 11.9. The average Bonchev–Trinajstić information content (AvgIpc) is 0.863. The first-order chi connectivity index (χ1) is 49.6. The van der Waals surface area contributed by atoms with Gasteiger partial charge >= 0.3 is 17.9 Å². The van der Waals surface area contributed by atoms with Gasteiger partial charge in [0.05, 0.1) is 43.3 Å². The van der Waals surface area contributed by atoms with Gasteiger partial charge < -0.3 is 19.5 Å². The van der Waals surface area contributed by atoms with Crippen molar-refractivity contribution < 1.29 is 33.4 Å². The molecule has 104 heavy (non-hydrogen) atoms. The van der Waals surface area contributed by atoms with E-state index in [-0.39, 0.29) is 28.6 Å². The molecule has 0 aliphatic carbocycles. The molecule has 0 fully saturated rings. The molecule has 8 rings (SSSR count). The molecule has 1 N–H and O–H groups in total. The summed E-state index contributed by atoms with van der Waals surface area (Å²) in [5.41, 5.74) is 13.1. The molecule has 0 heterocycles.